The second kappa shape index (κ2) is 9.45. The predicted molar refractivity (Wildman–Crippen MR) is 119 cm³/mol. The summed E-state index contributed by atoms with van der Waals surface area (Å²) in [6, 6.07) is 17.3. The SMILES string of the molecule is COc1cccc([C@H](CNC(=O)Nc2cccc(-n3nc(C)cc3C)c2)N(C)C)c1. The molecule has 0 aliphatic carbocycles. The van der Waals surface area contributed by atoms with Gasteiger partial charge in [0, 0.05) is 17.9 Å². The summed E-state index contributed by atoms with van der Waals surface area (Å²) in [4.78, 5) is 14.6. The van der Waals surface area contributed by atoms with Crippen molar-refractivity contribution in [2.75, 3.05) is 33.1 Å². The van der Waals surface area contributed by atoms with E-state index in [-0.39, 0.29) is 12.1 Å². The lowest BCUT2D eigenvalue weighted by Gasteiger charge is -2.25. The number of benzene rings is 2. The van der Waals surface area contributed by atoms with Gasteiger partial charge in [0.2, 0.25) is 0 Å². The molecule has 3 rings (SSSR count). The molecule has 0 spiro atoms. The van der Waals surface area contributed by atoms with Crippen molar-refractivity contribution < 1.29 is 9.53 Å². The number of amides is 2. The van der Waals surface area contributed by atoms with Crippen molar-refractivity contribution in [2.24, 2.45) is 0 Å². The van der Waals surface area contributed by atoms with E-state index < -0.39 is 0 Å². The van der Waals surface area contributed by atoms with E-state index in [1.54, 1.807) is 7.11 Å². The Hall–Kier alpha value is -3.32. The molecular weight excluding hydrogens is 378 g/mol. The van der Waals surface area contributed by atoms with Crippen LogP contribution >= 0.6 is 0 Å². The van der Waals surface area contributed by atoms with Gasteiger partial charge in [-0.2, -0.15) is 5.10 Å². The summed E-state index contributed by atoms with van der Waals surface area (Å²) in [5.74, 6) is 0.796. The number of carbonyl (C=O) groups is 1. The number of hydrogen-bond acceptors (Lipinski definition) is 4. The standard InChI is InChI=1S/C23H29N5O2/c1-16-12-17(2)28(26-16)20-10-7-9-19(14-20)25-23(29)24-15-22(27(3)4)18-8-6-11-21(13-18)30-5/h6-14,22H,15H2,1-5H3,(H2,24,25,29)/t22-/m0/s1. The fourth-order valence-corrected chi connectivity index (χ4v) is 3.42. The number of hydrogen-bond donors (Lipinski definition) is 2. The van der Waals surface area contributed by atoms with E-state index in [9.17, 15) is 4.79 Å². The highest BCUT2D eigenvalue weighted by atomic mass is 16.5. The van der Waals surface area contributed by atoms with Crippen LogP contribution in [0.3, 0.4) is 0 Å². The van der Waals surface area contributed by atoms with Gasteiger partial charge in [-0.05, 0) is 69.9 Å². The van der Waals surface area contributed by atoms with Crippen molar-refractivity contribution in [2.45, 2.75) is 19.9 Å². The van der Waals surface area contributed by atoms with E-state index in [0.29, 0.717) is 12.2 Å². The third kappa shape index (κ3) is 5.18. The van der Waals surface area contributed by atoms with Crippen LogP contribution in [0.1, 0.15) is 23.0 Å². The first-order valence-corrected chi connectivity index (χ1v) is 9.86. The number of aromatic nitrogens is 2. The van der Waals surface area contributed by atoms with E-state index >= 15 is 0 Å². The number of aryl methyl sites for hydroxylation is 2. The molecule has 0 fully saturated rings. The topological polar surface area (TPSA) is 71.4 Å². The minimum absolute atomic E-state index is 0.0203. The van der Waals surface area contributed by atoms with E-state index in [4.69, 9.17) is 4.74 Å². The highest BCUT2D eigenvalue weighted by molar-refractivity contribution is 5.89. The lowest BCUT2D eigenvalue weighted by Crippen LogP contribution is -2.36. The number of nitrogens with one attached hydrogen (secondary N) is 2. The highest BCUT2D eigenvalue weighted by Gasteiger charge is 2.16. The van der Waals surface area contributed by atoms with E-state index in [2.05, 4.69) is 20.6 Å². The first-order valence-electron chi connectivity index (χ1n) is 9.86. The molecule has 1 atom stereocenters. The maximum absolute atomic E-state index is 12.5. The van der Waals surface area contributed by atoms with Crippen LogP contribution in [0.5, 0.6) is 5.75 Å². The van der Waals surface area contributed by atoms with Crippen LogP contribution in [0.25, 0.3) is 5.69 Å². The first-order chi connectivity index (χ1) is 14.4. The number of rotatable bonds is 7. The number of likely N-dealkylation sites (N-methyl/N-ethyl adjacent to an activating group) is 1. The third-order valence-electron chi connectivity index (χ3n) is 4.92. The van der Waals surface area contributed by atoms with Crippen LogP contribution in [-0.4, -0.2) is 48.5 Å². The molecule has 0 radical (unpaired) electrons. The average Bonchev–Trinajstić information content (AvgIpc) is 3.06. The molecular formula is C23H29N5O2. The first kappa shape index (κ1) is 21.4. The van der Waals surface area contributed by atoms with Crippen molar-refractivity contribution in [3.63, 3.8) is 0 Å². The molecule has 0 unspecified atom stereocenters. The largest absolute Gasteiger partial charge is 0.497 e. The Morgan fingerprint density at radius 1 is 1.13 bits per heavy atom. The molecule has 0 saturated carbocycles. The minimum atomic E-state index is -0.254. The summed E-state index contributed by atoms with van der Waals surface area (Å²) in [5.41, 5.74) is 4.68. The number of carbonyl (C=O) groups excluding carboxylic acids is 1. The van der Waals surface area contributed by atoms with Crippen LogP contribution in [-0.2, 0) is 0 Å². The molecule has 1 aromatic heterocycles. The number of methoxy groups -OCH3 is 1. The Balaban J connectivity index is 1.66. The summed E-state index contributed by atoms with van der Waals surface area (Å²) in [7, 11) is 5.62. The molecule has 158 valence electrons. The van der Waals surface area contributed by atoms with Gasteiger partial charge in [-0.1, -0.05) is 18.2 Å². The van der Waals surface area contributed by atoms with Gasteiger partial charge in [0.25, 0.3) is 0 Å². The Kier molecular flexibility index (Phi) is 6.74. The molecule has 2 aromatic carbocycles. The Morgan fingerprint density at radius 2 is 1.90 bits per heavy atom. The molecule has 7 heteroatoms. The van der Waals surface area contributed by atoms with Gasteiger partial charge in [-0.3, -0.25) is 0 Å². The Labute approximate surface area is 177 Å². The summed E-state index contributed by atoms with van der Waals surface area (Å²) in [6.45, 7) is 4.43. The van der Waals surface area contributed by atoms with Crippen LogP contribution in [0.4, 0.5) is 10.5 Å². The third-order valence-corrected chi connectivity index (χ3v) is 4.92. The highest BCUT2D eigenvalue weighted by Crippen LogP contribution is 2.22. The summed E-state index contributed by atoms with van der Waals surface area (Å²) < 4.78 is 7.19. The van der Waals surface area contributed by atoms with Gasteiger partial charge in [-0.15, -0.1) is 0 Å². The van der Waals surface area contributed by atoms with Crippen molar-refractivity contribution in [3.05, 3.63) is 71.5 Å². The molecule has 2 amide bonds. The van der Waals surface area contributed by atoms with E-state index in [1.165, 1.54) is 0 Å². The normalized spacial score (nSPS) is 11.9. The zero-order valence-electron chi connectivity index (χ0n) is 18.1. The van der Waals surface area contributed by atoms with Crippen LogP contribution in [0, 0.1) is 13.8 Å². The minimum Gasteiger partial charge on any atom is -0.497 e. The fourth-order valence-electron chi connectivity index (χ4n) is 3.42. The molecule has 2 N–H and O–H groups in total. The van der Waals surface area contributed by atoms with Gasteiger partial charge in [0.15, 0.2) is 0 Å². The van der Waals surface area contributed by atoms with E-state index in [0.717, 1.165) is 28.4 Å². The molecule has 1 heterocycles. The lowest BCUT2D eigenvalue weighted by molar-refractivity contribution is 0.243. The number of nitrogens with zero attached hydrogens (tertiary/aromatic N) is 3. The molecule has 0 aliphatic rings. The fraction of sp³-hybridized carbons (Fsp3) is 0.304. The quantitative estimate of drug-likeness (QED) is 0.623. The zero-order valence-corrected chi connectivity index (χ0v) is 18.1. The predicted octanol–water partition coefficient (Wildman–Crippen LogP) is 3.92. The van der Waals surface area contributed by atoms with Crippen LogP contribution in [0.15, 0.2) is 54.6 Å². The lowest BCUT2D eigenvalue weighted by atomic mass is 10.1. The van der Waals surface area contributed by atoms with Crippen molar-refractivity contribution in [3.8, 4) is 11.4 Å². The maximum atomic E-state index is 12.5. The smallest absolute Gasteiger partial charge is 0.319 e. The number of urea groups is 1. The monoisotopic (exact) mass is 407 g/mol. The van der Waals surface area contributed by atoms with Gasteiger partial charge < -0.3 is 20.3 Å². The number of ether oxygens (including phenoxy) is 1. The van der Waals surface area contributed by atoms with Gasteiger partial charge in [0.1, 0.15) is 5.75 Å². The summed E-state index contributed by atoms with van der Waals surface area (Å²) >= 11 is 0. The summed E-state index contributed by atoms with van der Waals surface area (Å²) in [5, 5.41) is 10.4. The molecule has 30 heavy (non-hydrogen) atoms. The van der Waals surface area contributed by atoms with Gasteiger partial charge in [-0.25, -0.2) is 9.48 Å². The molecule has 0 aliphatic heterocycles. The summed E-state index contributed by atoms with van der Waals surface area (Å²) in [6.07, 6.45) is 0. The Morgan fingerprint density at radius 3 is 2.57 bits per heavy atom. The zero-order chi connectivity index (χ0) is 21.7. The second-order valence-electron chi connectivity index (χ2n) is 7.48. The molecule has 0 bridgehead atoms. The van der Waals surface area contributed by atoms with Crippen LogP contribution in [0.2, 0.25) is 0 Å². The van der Waals surface area contributed by atoms with Gasteiger partial charge >= 0.3 is 6.03 Å². The Bertz CT molecular complexity index is 1010. The number of anilines is 1. The van der Waals surface area contributed by atoms with E-state index in [1.807, 2.05) is 87.2 Å². The van der Waals surface area contributed by atoms with Crippen LogP contribution < -0.4 is 15.4 Å². The van der Waals surface area contributed by atoms with Crippen molar-refractivity contribution in [1.29, 1.82) is 0 Å². The second-order valence-corrected chi connectivity index (χ2v) is 7.48. The maximum Gasteiger partial charge on any atom is 0.319 e. The average molecular weight is 408 g/mol. The molecule has 3 aromatic rings. The van der Waals surface area contributed by atoms with Gasteiger partial charge in [0.05, 0.1) is 24.5 Å². The molecule has 0 saturated heterocycles. The van der Waals surface area contributed by atoms with Crippen molar-refractivity contribution in [1.82, 2.24) is 20.0 Å². The molecule has 7 nitrogen and oxygen atoms in total. The van der Waals surface area contributed by atoms with Crippen molar-refractivity contribution >= 4 is 11.7 Å².